The van der Waals surface area contributed by atoms with E-state index in [0.29, 0.717) is 11.6 Å². The van der Waals surface area contributed by atoms with Gasteiger partial charge in [0.15, 0.2) is 16.8 Å². The van der Waals surface area contributed by atoms with E-state index < -0.39 is 0 Å². The fraction of sp³-hybridized carbons (Fsp3) is 0.455. The summed E-state index contributed by atoms with van der Waals surface area (Å²) in [6.45, 7) is 3.71. The highest BCUT2D eigenvalue weighted by Crippen LogP contribution is 2.32. The SMILES string of the molecule is CCCCc1noc(CSc2nnc(-c3c[nH]c4ccccc34)n2CC2CCCO2)n1. The highest BCUT2D eigenvalue weighted by atomic mass is 32.2. The molecule has 31 heavy (non-hydrogen) atoms. The highest BCUT2D eigenvalue weighted by Gasteiger charge is 2.23. The van der Waals surface area contributed by atoms with Crippen LogP contribution in [-0.2, 0) is 23.5 Å². The molecule has 0 aliphatic carbocycles. The molecule has 5 rings (SSSR count). The van der Waals surface area contributed by atoms with Crippen LogP contribution < -0.4 is 0 Å². The lowest BCUT2D eigenvalue weighted by Crippen LogP contribution is -2.16. The summed E-state index contributed by atoms with van der Waals surface area (Å²) < 4.78 is 13.5. The van der Waals surface area contributed by atoms with Crippen molar-refractivity contribution >= 4 is 22.7 Å². The fourth-order valence-corrected chi connectivity index (χ4v) is 4.70. The van der Waals surface area contributed by atoms with Crippen LogP contribution in [0.1, 0.15) is 44.3 Å². The average Bonchev–Trinajstić information content (AvgIpc) is 3.58. The number of aromatic nitrogens is 6. The van der Waals surface area contributed by atoms with Crippen molar-refractivity contribution in [2.75, 3.05) is 6.61 Å². The quantitative estimate of drug-likeness (QED) is 0.381. The fourth-order valence-electron chi connectivity index (χ4n) is 3.92. The number of unbranched alkanes of at least 4 members (excludes halogenated alkanes) is 1. The van der Waals surface area contributed by atoms with E-state index in [2.05, 4.69) is 48.9 Å². The Morgan fingerprint density at radius 2 is 2.19 bits per heavy atom. The summed E-state index contributed by atoms with van der Waals surface area (Å²) in [6, 6.07) is 8.25. The number of H-pyrrole nitrogens is 1. The second kappa shape index (κ2) is 9.23. The van der Waals surface area contributed by atoms with Crippen molar-refractivity contribution in [2.24, 2.45) is 0 Å². The van der Waals surface area contributed by atoms with Crippen LogP contribution in [0.2, 0.25) is 0 Å². The minimum Gasteiger partial charge on any atom is -0.376 e. The molecular weight excluding hydrogens is 412 g/mol. The van der Waals surface area contributed by atoms with Crippen LogP contribution in [0, 0.1) is 0 Å². The first-order valence-electron chi connectivity index (χ1n) is 10.9. The van der Waals surface area contributed by atoms with Gasteiger partial charge in [0, 0.05) is 35.7 Å². The number of nitrogens with one attached hydrogen (secondary N) is 1. The maximum absolute atomic E-state index is 5.91. The smallest absolute Gasteiger partial charge is 0.237 e. The molecule has 3 aromatic heterocycles. The molecule has 0 bridgehead atoms. The Kier molecular flexibility index (Phi) is 6.04. The van der Waals surface area contributed by atoms with Crippen LogP contribution in [0.4, 0.5) is 0 Å². The summed E-state index contributed by atoms with van der Waals surface area (Å²) in [4.78, 5) is 7.85. The van der Waals surface area contributed by atoms with E-state index in [-0.39, 0.29) is 6.10 Å². The molecule has 1 atom stereocenters. The Labute approximate surface area is 184 Å². The van der Waals surface area contributed by atoms with E-state index in [4.69, 9.17) is 9.26 Å². The number of benzene rings is 1. The molecule has 1 saturated heterocycles. The molecule has 0 saturated carbocycles. The first kappa shape index (κ1) is 20.3. The summed E-state index contributed by atoms with van der Waals surface area (Å²) in [7, 11) is 0. The summed E-state index contributed by atoms with van der Waals surface area (Å²) in [6.07, 6.45) is 7.37. The normalized spacial score (nSPS) is 16.5. The number of hydrogen-bond donors (Lipinski definition) is 1. The van der Waals surface area contributed by atoms with Gasteiger partial charge in [-0.1, -0.05) is 48.5 Å². The van der Waals surface area contributed by atoms with Crippen LogP contribution in [0.15, 0.2) is 40.1 Å². The molecule has 1 unspecified atom stereocenters. The molecule has 0 spiro atoms. The van der Waals surface area contributed by atoms with Gasteiger partial charge in [0.25, 0.3) is 0 Å². The van der Waals surface area contributed by atoms with Gasteiger partial charge in [-0.05, 0) is 25.3 Å². The number of hydrogen-bond acceptors (Lipinski definition) is 7. The number of aromatic amines is 1. The minimum absolute atomic E-state index is 0.184. The molecule has 8 nitrogen and oxygen atoms in total. The molecule has 4 aromatic rings. The molecule has 1 fully saturated rings. The number of nitrogens with zero attached hydrogens (tertiary/aromatic N) is 5. The summed E-state index contributed by atoms with van der Waals surface area (Å²) in [5.74, 6) is 2.82. The Hall–Kier alpha value is -2.65. The Bertz CT molecular complexity index is 1140. The number of ether oxygens (including phenoxy) is 1. The first-order valence-corrected chi connectivity index (χ1v) is 11.9. The molecule has 9 heteroatoms. The van der Waals surface area contributed by atoms with Crippen LogP contribution in [0.3, 0.4) is 0 Å². The maximum Gasteiger partial charge on any atom is 0.237 e. The molecule has 1 aliphatic heterocycles. The summed E-state index contributed by atoms with van der Waals surface area (Å²) in [5.41, 5.74) is 2.14. The highest BCUT2D eigenvalue weighted by molar-refractivity contribution is 7.98. The van der Waals surface area contributed by atoms with Crippen molar-refractivity contribution in [3.8, 4) is 11.4 Å². The van der Waals surface area contributed by atoms with Gasteiger partial charge in [0.1, 0.15) is 0 Å². The molecule has 0 amide bonds. The third kappa shape index (κ3) is 4.38. The zero-order valence-electron chi connectivity index (χ0n) is 17.6. The molecule has 1 aliphatic rings. The van der Waals surface area contributed by atoms with Gasteiger partial charge in [-0.15, -0.1) is 10.2 Å². The molecule has 1 N–H and O–H groups in total. The third-order valence-electron chi connectivity index (χ3n) is 5.55. The molecule has 1 aromatic carbocycles. The summed E-state index contributed by atoms with van der Waals surface area (Å²) in [5, 5.41) is 15.1. The van der Waals surface area contributed by atoms with Crippen molar-refractivity contribution in [1.82, 2.24) is 29.9 Å². The zero-order chi connectivity index (χ0) is 21.0. The number of thioether (sulfide) groups is 1. The Morgan fingerprint density at radius 3 is 3.06 bits per heavy atom. The van der Waals surface area contributed by atoms with Crippen molar-refractivity contribution in [3.05, 3.63) is 42.2 Å². The largest absolute Gasteiger partial charge is 0.376 e. The van der Waals surface area contributed by atoms with Crippen molar-refractivity contribution in [1.29, 1.82) is 0 Å². The van der Waals surface area contributed by atoms with E-state index >= 15 is 0 Å². The van der Waals surface area contributed by atoms with Crippen LogP contribution in [0.5, 0.6) is 0 Å². The van der Waals surface area contributed by atoms with Gasteiger partial charge in [0.2, 0.25) is 5.89 Å². The monoisotopic (exact) mass is 438 g/mol. The number of fused-ring (bicyclic) bond motifs is 1. The molecule has 0 radical (unpaired) electrons. The zero-order valence-corrected chi connectivity index (χ0v) is 18.4. The van der Waals surface area contributed by atoms with Gasteiger partial charge < -0.3 is 14.2 Å². The predicted octanol–water partition coefficient (Wildman–Crippen LogP) is 4.62. The van der Waals surface area contributed by atoms with Crippen molar-refractivity contribution < 1.29 is 9.26 Å². The molecular formula is C22H26N6O2S. The second-order valence-corrected chi connectivity index (χ2v) is 8.74. The van der Waals surface area contributed by atoms with Crippen molar-refractivity contribution in [2.45, 2.75) is 62.6 Å². The minimum atomic E-state index is 0.184. The maximum atomic E-state index is 5.91. The van der Waals surface area contributed by atoms with Gasteiger partial charge in [-0.25, -0.2) is 0 Å². The third-order valence-corrected chi connectivity index (χ3v) is 6.50. The van der Waals surface area contributed by atoms with E-state index in [1.165, 1.54) is 0 Å². The van der Waals surface area contributed by atoms with E-state index in [9.17, 15) is 0 Å². The molecule has 162 valence electrons. The van der Waals surface area contributed by atoms with E-state index in [1.54, 1.807) is 11.8 Å². The van der Waals surface area contributed by atoms with Gasteiger partial charge >= 0.3 is 0 Å². The molecule has 4 heterocycles. The predicted molar refractivity (Wildman–Crippen MR) is 119 cm³/mol. The second-order valence-electron chi connectivity index (χ2n) is 7.80. The summed E-state index contributed by atoms with van der Waals surface area (Å²) >= 11 is 1.57. The lowest BCUT2D eigenvalue weighted by Gasteiger charge is -2.14. The number of para-hydroxylation sites is 1. The van der Waals surface area contributed by atoms with Crippen molar-refractivity contribution in [3.63, 3.8) is 0 Å². The van der Waals surface area contributed by atoms with Gasteiger partial charge in [0.05, 0.1) is 18.4 Å². The lowest BCUT2D eigenvalue weighted by atomic mass is 10.1. The van der Waals surface area contributed by atoms with Gasteiger partial charge in [-0.3, -0.25) is 4.57 Å². The van der Waals surface area contributed by atoms with E-state index in [0.717, 1.165) is 78.5 Å². The topological polar surface area (TPSA) is 94.7 Å². The van der Waals surface area contributed by atoms with Crippen LogP contribution in [0.25, 0.3) is 22.3 Å². The Morgan fingerprint density at radius 1 is 1.26 bits per heavy atom. The number of rotatable bonds is 9. The standard InChI is InChI=1S/C22H26N6O2S/c1-2-3-10-19-24-20(30-27-19)14-31-22-26-25-21(28(22)13-15-7-6-11-29-15)17-12-23-18-9-5-4-8-16(17)18/h4-5,8-9,12,15,23H,2-3,6-7,10-11,13-14H2,1H3. The van der Waals surface area contributed by atoms with Gasteiger partial charge in [-0.2, -0.15) is 4.98 Å². The number of aryl methyl sites for hydroxylation is 1. The van der Waals surface area contributed by atoms with Crippen LogP contribution >= 0.6 is 11.8 Å². The first-order chi connectivity index (χ1) is 15.3. The lowest BCUT2D eigenvalue weighted by molar-refractivity contribution is 0.0953. The Balaban J connectivity index is 1.41. The van der Waals surface area contributed by atoms with E-state index in [1.807, 2.05) is 18.3 Å². The average molecular weight is 439 g/mol. The van der Waals surface area contributed by atoms with Crippen LogP contribution in [-0.4, -0.2) is 42.6 Å².